The molecular weight excluding hydrogens is 446 g/mol. The van der Waals surface area contributed by atoms with Crippen LogP contribution < -0.4 is 10.6 Å². The van der Waals surface area contributed by atoms with Crippen molar-refractivity contribution >= 4 is 38.5 Å². The minimum absolute atomic E-state index is 0.146. The van der Waals surface area contributed by atoms with Gasteiger partial charge in [0.15, 0.2) is 12.0 Å². The molecular formula is C22H20F2N8S. The number of nitrogens with zero attached hydrogens (tertiary/aromatic N) is 5. The lowest BCUT2D eigenvalue weighted by molar-refractivity contribution is 0.316. The number of hydrogen-bond acceptors (Lipinski definition) is 8. The van der Waals surface area contributed by atoms with Gasteiger partial charge in [-0.15, -0.1) is 0 Å². The maximum absolute atomic E-state index is 14.5. The fourth-order valence-corrected chi connectivity index (χ4v) is 4.29. The van der Waals surface area contributed by atoms with Crippen LogP contribution in [0.4, 0.5) is 14.6 Å². The number of aromatic nitrogens is 6. The van der Waals surface area contributed by atoms with Crippen molar-refractivity contribution in [2.45, 2.75) is 19.1 Å². The van der Waals surface area contributed by atoms with E-state index in [9.17, 15) is 8.78 Å². The Morgan fingerprint density at radius 1 is 1.06 bits per heavy atom. The molecule has 0 fully saturated rings. The number of nitrogens with one attached hydrogen (secondary N) is 3. The third-order valence-electron chi connectivity index (χ3n) is 5.04. The molecule has 0 aliphatic rings. The van der Waals surface area contributed by atoms with E-state index in [-0.39, 0.29) is 18.9 Å². The van der Waals surface area contributed by atoms with Gasteiger partial charge >= 0.3 is 0 Å². The number of thiazole rings is 1. The first-order valence-corrected chi connectivity index (χ1v) is 11.2. The molecule has 0 aliphatic carbocycles. The lowest BCUT2D eigenvalue weighted by Gasteiger charge is -2.06. The number of pyridine rings is 1. The van der Waals surface area contributed by atoms with Gasteiger partial charge in [-0.2, -0.15) is 0 Å². The molecule has 168 valence electrons. The SMILES string of the molecule is Fc1cccnc1CNc1ncnc2sc(CCNCC(F)c3nc4ccccc4[nH]3)nc12. The van der Waals surface area contributed by atoms with Crippen molar-refractivity contribution in [1.29, 1.82) is 0 Å². The van der Waals surface area contributed by atoms with E-state index in [0.717, 1.165) is 20.9 Å². The number of rotatable bonds is 9. The van der Waals surface area contributed by atoms with Gasteiger partial charge in [0.2, 0.25) is 0 Å². The highest BCUT2D eigenvalue weighted by atomic mass is 32.1. The van der Waals surface area contributed by atoms with Gasteiger partial charge in [0.1, 0.15) is 28.3 Å². The van der Waals surface area contributed by atoms with Crippen LogP contribution in [0.1, 0.15) is 22.7 Å². The predicted octanol–water partition coefficient (Wildman–Crippen LogP) is 3.95. The molecule has 4 aromatic heterocycles. The molecule has 1 atom stereocenters. The largest absolute Gasteiger partial charge is 0.362 e. The highest BCUT2D eigenvalue weighted by Crippen LogP contribution is 2.25. The summed E-state index contributed by atoms with van der Waals surface area (Å²) in [5, 5.41) is 7.05. The molecule has 0 spiro atoms. The van der Waals surface area contributed by atoms with Crippen molar-refractivity contribution in [3.05, 3.63) is 71.3 Å². The van der Waals surface area contributed by atoms with Crippen LogP contribution in [0.15, 0.2) is 48.9 Å². The summed E-state index contributed by atoms with van der Waals surface area (Å²) in [6.07, 6.45) is 2.37. The maximum atomic E-state index is 14.5. The quantitative estimate of drug-likeness (QED) is 0.283. The number of aromatic amines is 1. The molecule has 1 unspecified atom stereocenters. The molecule has 5 rings (SSSR count). The minimum Gasteiger partial charge on any atom is -0.362 e. The molecule has 0 bridgehead atoms. The number of H-pyrrole nitrogens is 1. The van der Waals surface area contributed by atoms with Gasteiger partial charge < -0.3 is 15.6 Å². The second kappa shape index (κ2) is 9.51. The van der Waals surface area contributed by atoms with E-state index in [1.165, 1.54) is 23.7 Å². The Balaban J connectivity index is 1.17. The van der Waals surface area contributed by atoms with Crippen molar-refractivity contribution in [3.8, 4) is 0 Å². The topological polar surface area (TPSA) is 104 Å². The summed E-state index contributed by atoms with van der Waals surface area (Å²) in [7, 11) is 0. The van der Waals surface area contributed by atoms with Gasteiger partial charge in [0.25, 0.3) is 0 Å². The average Bonchev–Trinajstić information content (AvgIpc) is 3.45. The van der Waals surface area contributed by atoms with Crippen molar-refractivity contribution < 1.29 is 8.78 Å². The number of alkyl halides is 1. The standard InChI is InChI=1S/C22H20F2N8S/c23-13-4-3-8-26-17(13)11-27-21-19-22(29-12-28-21)33-18(32-19)7-9-25-10-14(24)20-30-15-5-1-2-6-16(15)31-20/h1-6,8,12,14,25H,7,9-11H2,(H,30,31)(H,27,28,29). The molecule has 0 amide bonds. The molecule has 0 radical (unpaired) electrons. The number of halogens is 2. The monoisotopic (exact) mass is 466 g/mol. The summed E-state index contributed by atoms with van der Waals surface area (Å²) in [6, 6.07) is 10.4. The maximum Gasteiger partial charge on any atom is 0.170 e. The van der Waals surface area contributed by atoms with E-state index >= 15 is 0 Å². The molecule has 8 nitrogen and oxygen atoms in total. The number of imidazole rings is 1. The summed E-state index contributed by atoms with van der Waals surface area (Å²) in [4.78, 5) is 25.2. The molecule has 0 saturated heterocycles. The minimum atomic E-state index is -1.23. The summed E-state index contributed by atoms with van der Waals surface area (Å²) in [5.74, 6) is 0.461. The van der Waals surface area contributed by atoms with E-state index in [4.69, 9.17) is 0 Å². The highest BCUT2D eigenvalue weighted by Gasteiger charge is 2.15. The normalized spacial score (nSPS) is 12.4. The highest BCUT2D eigenvalue weighted by molar-refractivity contribution is 7.18. The average molecular weight is 467 g/mol. The van der Waals surface area contributed by atoms with Gasteiger partial charge in [-0.05, 0) is 24.3 Å². The Kier molecular flexibility index (Phi) is 6.13. The van der Waals surface area contributed by atoms with Gasteiger partial charge in [-0.1, -0.05) is 23.5 Å². The summed E-state index contributed by atoms with van der Waals surface area (Å²) in [5.41, 5.74) is 2.50. The van der Waals surface area contributed by atoms with Crippen LogP contribution >= 0.6 is 11.3 Å². The second-order valence-electron chi connectivity index (χ2n) is 7.33. The van der Waals surface area contributed by atoms with Gasteiger partial charge in [0.05, 0.1) is 28.3 Å². The Morgan fingerprint density at radius 2 is 1.97 bits per heavy atom. The first kappa shape index (κ1) is 21.3. The first-order valence-electron chi connectivity index (χ1n) is 10.4. The molecule has 5 aromatic rings. The molecule has 0 saturated carbocycles. The van der Waals surface area contributed by atoms with Crippen molar-refractivity contribution in [1.82, 2.24) is 35.2 Å². The first-order chi connectivity index (χ1) is 16.2. The lowest BCUT2D eigenvalue weighted by atomic mass is 10.3. The number of hydrogen-bond donors (Lipinski definition) is 3. The number of benzene rings is 1. The molecule has 11 heteroatoms. The zero-order valence-electron chi connectivity index (χ0n) is 17.4. The molecule has 1 aromatic carbocycles. The smallest absolute Gasteiger partial charge is 0.170 e. The summed E-state index contributed by atoms with van der Waals surface area (Å²) in [6.45, 7) is 0.885. The van der Waals surface area contributed by atoms with Crippen LogP contribution in [0.5, 0.6) is 0 Å². The molecule has 33 heavy (non-hydrogen) atoms. The van der Waals surface area contributed by atoms with Gasteiger partial charge in [-0.3, -0.25) is 4.98 Å². The van der Waals surface area contributed by atoms with Crippen LogP contribution in [-0.4, -0.2) is 43.0 Å². The number of fused-ring (bicyclic) bond motifs is 2. The van der Waals surface area contributed by atoms with E-state index in [2.05, 4.69) is 40.5 Å². The summed E-state index contributed by atoms with van der Waals surface area (Å²) < 4.78 is 28.4. The van der Waals surface area contributed by atoms with E-state index < -0.39 is 6.17 Å². The van der Waals surface area contributed by atoms with Crippen molar-refractivity contribution in [2.75, 3.05) is 18.4 Å². The van der Waals surface area contributed by atoms with Crippen LogP contribution in [0.3, 0.4) is 0 Å². The van der Waals surface area contributed by atoms with E-state index in [1.807, 2.05) is 24.3 Å². The van der Waals surface area contributed by atoms with E-state index in [1.54, 1.807) is 12.3 Å². The van der Waals surface area contributed by atoms with Crippen LogP contribution in [-0.2, 0) is 13.0 Å². The van der Waals surface area contributed by atoms with Crippen molar-refractivity contribution in [2.24, 2.45) is 0 Å². The Morgan fingerprint density at radius 3 is 2.85 bits per heavy atom. The van der Waals surface area contributed by atoms with Gasteiger partial charge in [-0.25, -0.2) is 28.7 Å². The number of para-hydroxylation sites is 2. The Labute approximate surface area is 191 Å². The third-order valence-corrected chi connectivity index (χ3v) is 6.06. The fraction of sp³-hybridized carbons (Fsp3) is 0.227. The summed E-state index contributed by atoms with van der Waals surface area (Å²) >= 11 is 1.45. The zero-order chi connectivity index (χ0) is 22.6. The fourth-order valence-electron chi connectivity index (χ4n) is 3.39. The molecule has 0 aliphatic heterocycles. The zero-order valence-corrected chi connectivity index (χ0v) is 18.2. The van der Waals surface area contributed by atoms with Crippen molar-refractivity contribution in [3.63, 3.8) is 0 Å². The predicted molar refractivity (Wildman–Crippen MR) is 123 cm³/mol. The van der Waals surface area contributed by atoms with Crippen LogP contribution in [0, 0.1) is 5.82 Å². The lowest BCUT2D eigenvalue weighted by Crippen LogP contribution is -2.22. The second-order valence-corrected chi connectivity index (χ2v) is 8.39. The Bertz CT molecular complexity index is 1350. The van der Waals surface area contributed by atoms with E-state index in [0.29, 0.717) is 35.8 Å². The van der Waals surface area contributed by atoms with Crippen LogP contribution in [0.25, 0.3) is 21.4 Å². The molecule has 3 N–H and O–H groups in total. The molecule has 4 heterocycles. The number of anilines is 1. The third kappa shape index (κ3) is 4.78. The van der Waals surface area contributed by atoms with Crippen LogP contribution in [0.2, 0.25) is 0 Å². The van der Waals surface area contributed by atoms with Gasteiger partial charge in [0, 0.05) is 25.7 Å². The Hall–Kier alpha value is -3.57.